The molecule has 5 nitrogen and oxygen atoms in total. The van der Waals surface area contributed by atoms with Crippen LogP contribution in [0.4, 0.5) is 4.39 Å². The van der Waals surface area contributed by atoms with Crippen molar-refractivity contribution in [3.8, 4) is 0 Å². The zero-order chi connectivity index (χ0) is 20.4. The highest BCUT2D eigenvalue weighted by atomic mass is 19.1. The maximum Gasteiger partial charge on any atom is 0.278 e. The van der Waals surface area contributed by atoms with Crippen LogP contribution >= 0.6 is 0 Å². The van der Waals surface area contributed by atoms with Crippen molar-refractivity contribution in [3.05, 3.63) is 77.2 Å². The van der Waals surface area contributed by atoms with Crippen molar-refractivity contribution in [1.82, 2.24) is 14.7 Å². The molecule has 0 N–H and O–H groups in total. The summed E-state index contributed by atoms with van der Waals surface area (Å²) in [5.74, 6) is -1.13. The predicted molar refractivity (Wildman–Crippen MR) is 109 cm³/mol. The second kappa shape index (κ2) is 8.17. The van der Waals surface area contributed by atoms with Gasteiger partial charge in [0.2, 0.25) is 0 Å². The summed E-state index contributed by atoms with van der Waals surface area (Å²) in [4.78, 5) is 32.1. The number of rotatable bonds is 5. The number of amides is 2. The highest BCUT2D eigenvalue weighted by Crippen LogP contribution is 2.33. The second-order valence-corrected chi connectivity index (χ2v) is 7.30. The highest BCUT2D eigenvalue weighted by Gasteiger charge is 2.42. The van der Waals surface area contributed by atoms with Gasteiger partial charge in [0.15, 0.2) is 0 Å². The molecule has 0 saturated carbocycles. The first-order valence-corrected chi connectivity index (χ1v) is 9.96. The molecule has 2 aliphatic heterocycles. The molecule has 0 bridgehead atoms. The van der Waals surface area contributed by atoms with Gasteiger partial charge in [-0.15, -0.1) is 0 Å². The van der Waals surface area contributed by atoms with Crippen molar-refractivity contribution in [2.75, 3.05) is 32.7 Å². The lowest BCUT2D eigenvalue weighted by Gasteiger charge is -2.36. The molecule has 150 valence electrons. The van der Waals surface area contributed by atoms with Gasteiger partial charge in [0.1, 0.15) is 11.5 Å². The Kier molecular flexibility index (Phi) is 5.45. The number of hydrogen-bond donors (Lipinski definition) is 0. The summed E-state index contributed by atoms with van der Waals surface area (Å²) in [6, 6.07) is 15.5. The standard InChI is InChI=1S/C23H24FN3O2/c1-2-25-12-14-26(15-13-25)21-20(17-8-4-3-5-9-17)22(28)27(23(21)29)16-18-10-6-7-11-19(18)24/h3-11H,2,12-16H2,1H3. The van der Waals surface area contributed by atoms with Crippen LogP contribution in [0.1, 0.15) is 18.1 Å². The molecule has 0 atom stereocenters. The van der Waals surface area contributed by atoms with E-state index < -0.39 is 5.82 Å². The Morgan fingerprint density at radius 1 is 0.862 bits per heavy atom. The third-order valence-corrected chi connectivity index (χ3v) is 5.63. The maximum absolute atomic E-state index is 14.2. The third-order valence-electron chi connectivity index (χ3n) is 5.63. The molecule has 4 rings (SSSR count). The van der Waals surface area contributed by atoms with Gasteiger partial charge in [-0.1, -0.05) is 55.5 Å². The van der Waals surface area contributed by atoms with Crippen LogP contribution < -0.4 is 0 Å². The van der Waals surface area contributed by atoms with Gasteiger partial charge in [0.25, 0.3) is 11.8 Å². The number of imide groups is 1. The first kappa shape index (κ1) is 19.3. The SMILES string of the molecule is CCN1CCN(C2=C(c3ccccc3)C(=O)N(Cc3ccccc3F)C2=O)CC1. The van der Waals surface area contributed by atoms with Crippen molar-refractivity contribution in [2.45, 2.75) is 13.5 Å². The van der Waals surface area contributed by atoms with Crippen LogP contribution in [0, 0.1) is 5.82 Å². The quantitative estimate of drug-likeness (QED) is 0.733. The van der Waals surface area contributed by atoms with Crippen LogP contribution in [0.3, 0.4) is 0 Å². The molecular weight excluding hydrogens is 369 g/mol. The van der Waals surface area contributed by atoms with Crippen molar-refractivity contribution in [2.24, 2.45) is 0 Å². The number of hydrogen-bond acceptors (Lipinski definition) is 4. The number of piperazine rings is 1. The van der Waals surface area contributed by atoms with Gasteiger partial charge in [-0.2, -0.15) is 0 Å². The Balaban J connectivity index is 1.70. The summed E-state index contributed by atoms with van der Waals surface area (Å²) in [5.41, 5.74) is 1.90. The van der Waals surface area contributed by atoms with E-state index in [1.165, 1.54) is 11.0 Å². The fraction of sp³-hybridized carbons (Fsp3) is 0.304. The molecule has 0 aromatic heterocycles. The topological polar surface area (TPSA) is 43.9 Å². The summed E-state index contributed by atoms with van der Waals surface area (Å²) in [6.07, 6.45) is 0. The van der Waals surface area contributed by atoms with Crippen LogP contribution in [-0.4, -0.2) is 59.2 Å². The molecule has 2 aromatic carbocycles. The first-order valence-electron chi connectivity index (χ1n) is 9.96. The van der Waals surface area contributed by atoms with Crippen molar-refractivity contribution < 1.29 is 14.0 Å². The number of benzene rings is 2. The lowest BCUT2D eigenvalue weighted by Crippen LogP contribution is -2.47. The molecule has 1 saturated heterocycles. The molecule has 6 heteroatoms. The lowest BCUT2D eigenvalue weighted by molar-refractivity contribution is -0.138. The molecule has 29 heavy (non-hydrogen) atoms. The lowest BCUT2D eigenvalue weighted by atomic mass is 10.0. The molecule has 2 amide bonds. The Bertz CT molecular complexity index is 950. The summed E-state index contributed by atoms with van der Waals surface area (Å²) in [6.45, 7) is 6.07. The molecule has 0 aliphatic carbocycles. The van der Waals surface area contributed by atoms with E-state index >= 15 is 0 Å². The monoisotopic (exact) mass is 393 g/mol. The van der Waals surface area contributed by atoms with Crippen molar-refractivity contribution in [1.29, 1.82) is 0 Å². The molecule has 2 aromatic rings. The Labute approximate surface area is 170 Å². The van der Waals surface area contributed by atoms with Gasteiger partial charge in [0, 0.05) is 31.7 Å². The van der Waals surface area contributed by atoms with Crippen molar-refractivity contribution in [3.63, 3.8) is 0 Å². The maximum atomic E-state index is 14.2. The van der Waals surface area contributed by atoms with E-state index in [0.717, 1.165) is 25.2 Å². The highest BCUT2D eigenvalue weighted by molar-refractivity contribution is 6.35. The largest absolute Gasteiger partial charge is 0.364 e. The van der Waals surface area contributed by atoms with Crippen LogP contribution in [0.5, 0.6) is 0 Å². The van der Waals surface area contributed by atoms with E-state index in [2.05, 4.69) is 11.8 Å². The van der Waals surface area contributed by atoms with Gasteiger partial charge in [-0.05, 0) is 18.2 Å². The number of carbonyl (C=O) groups is 2. The summed E-state index contributed by atoms with van der Waals surface area (Å²) in [5, 5.41) is 0. The van der Waals surface area contributed by atoms with Crippen LogP contribution in [0.2, 0.25) is 0 Å². The fourth-order valence-electron chi connectivity index (χ4n) is 3.95. The molecule has 2 heterocycles. The molecular formula is C23H24FN3O2. The Morgan fingerprint density at radius 3 is 2.17 bits per heavy atom. The van der Waals surface area contributed by atoms with Crippen LogP contribution in [0.15, 0.2) is 60.3 Å². The van der Waals surface area contributed by atoms with Gasteiger partial charge in [-0.25, -0.2) is 4.39 Å². The minimum absolute atomic E-state index is 0.0703. The molecule has 0 radical (unpaired) electrons. The fourth-order valence-corrected chi connectivity index (χ4v) is 3.95. The average Bonchev–Trinajstić information content (AvgIpc) is 3.00. The number of halogens is 1. The average molecular weight is 393 g/mol. The van der Waals surface area contributed by atoms with Gasteiger partial charge in [0.05, 0.1) is 12.1 Å². The Hall–Kier alpha value is -2.99. The van der Waals surface area contributed by atoms with E-state index in [4.69, 9.17) is 0 Å². The normalized spacial score (nSPS) is 18.1. The summed E-state index contributed by atoms with van der Waals surface area (Å²) in [7, 11) is 0. The van der Waals surface area contributed by atoms with E-state index in [0.29, 0.717) is 29.9 Å². The van der Waals surface area contributed by atoms with Crippen LogP contribution in [-0.2, 0) is 16.1 Å². The predicted octanol–water partition coefficient (Wildman–Crippen LogP) is 2.74. The number of nitrogens with zero attached hydrogens (tertiary/aromatic N) is 3. The smallest absolute Gasteiger partial charge is 0.278 e. The van der Waals surface area contributed by atoms with E-state index in [1.807, 2.05) is 35.2 Å². The molecule has 1 fully saturated rings. The second-order valence-electron chi connectivity index (χ2n) is 7.30. The summed E-state index contributed by atoms with van der Waals surface area (Å²) >= 11 is 0. The van der Waals surface area contributed by atoms with Gasteiger partial charge < -0.3 is 9.80 Å². The van der Waals surface area contributed by atoms with Crippen LogP contribution in [0.25, 0.3) is 5.57 Å². The third kappa shape index (κ3) is 3.68. The van der Waals surface area contributed by atoms with E-state index in [-0.39, 0.29) is 18.4 Å². The minimum atomic E-state index is -0.417. The zero-order valence-electron chi connectivity index (χ0n) is 16.5. The zero-order valence-corrected chi connectivity index (χ0v) is 16.5. The van der Waals surface area contributed by atoms with E-state index in [9.17, 15) is 14.0 Å². The Morgan fingerprint density at radius 2 is 1.52 bits per heavy atom. The minimum Gasteiger partial charge on any atom is -0.364 e. The number of likely N-dealkylation sites (N-methyl/N-ethyl adjacent to an activating group) is 1. The number of carbonyl (C=O) groups excluding carboxylic acids is 2. The van der Waals surface area contributed by atoms with Gasteiger partial charge in [-0.3, -0.25) is 14.5 Å². The van der Waals surface area contributed by atoms with Crippen molar-refractivity contribution >= 4 is 17.4 Å². The van der Waals surface area contributed by atoms with Gasteiger partial charge >= 0.3 is 0 Å². The first-order chi connectivity index (χ1) is 14.1. The van der Waals surface area contributed by atoms with E-state index in [1.54, 1.807) is 18.2 Å². The summed E-state index contributed by atoms with van der Waals surface area (Å²) < 4.78 is 14.2. The molecule has 0 spiro atoms. The molecule has 2 aliphatic rings. The molecule has 0 unspecified atom stereocenters.